The summed E-state index contributed by atoms with van der Waals surface area (Å²) in [5, 5.41) is 7.30. The first-order valence-corrected chi connectivity index (χ1v) is 11.0. The fraction of sp³-hybridized carbons (Fsp3) is 0.391. The Kier molecular flexibility index (Phi) is 7.11. The molecule has 0 radical (unpaired) electrons. The van der Waals surface area contributed by atoms with Crippen molar-refractivity contribution in [3.05, 3.63) is 65.2 Å². The summed E-state index contributed by atoms with van der Waals surface area (Å²) in [6.45, 7) is 1.34. The van der Waals surface area contributed by atoms with E-state index in [1.807, 2.05) is 4.68 Å². The average Bonchev–Trinajstić information content (AvgIpc) is 3.26. The second kappa shape index (κ2) is 10.2. The molecule has 2 aromatic heterocycles. The zero-order valence-electron chi connectivity index (χ0n) is 18.4. The van der Waals surface area contributed by atoms with Gasteiger partial charge in [0.05, 0.1) is 35.6 Å². The summed E-state index contributed by atoms with van der Waals surface area (Å²) in [5.74, 6) is -0.446. The number of primary amides is 1. The molecule has 3 heterocycles. The zero-order valence-corrected chi connectivity index (χ0v) is 18.4. The predicted octanol–water partition coefficient (Wildman–Crippen LogP) is 3.60. The standard InChI is InChI=1S/C23H25F3N6O2/c24-23(25,26)19-13-28-22(30-17-12-29-32(14-17)18-7-9-34-10-8-18)31-20(19)6-5-15-3-1-2-4-16(15)11-21(27)33/h1-4,12-14,18H,5-11H2,(H2,27,33)(H,28,30,31). The Labute approximate surface area is 194 Å². The Morgan fingerprint density at radius 2 is 1.88 bits per heavy atom. The number of nitrogens with zero attached hydrogens (tertiary/aromatic N) is 4. The minimum absolute atomic E-state index is 0.0170. The van der Waals surface area contributed by atoms with Crippen LogP contribution in [0.15, 0.2) is 42.9 Å². The first-order valence-electron chi connectivity index (χ1n) is 11.0. The van der Waals surface area contributed by atoms with E-state index in [9.17, 15) is 18.0 Å². The molecule has 11 heteroatoms. The Morgan fingerprint density at radius 3 is 2.59 bits per heavy atom. The molecular formula is C23H25F3N6O2. The maximum atomic E-state index is 13.6. The van der Waals surface area contributed by atoms with Crippen LogP contribution in [0.25, 0.3) is 0 Å². The molecule has 4 rings (SSSR count). The second-order valence-corrected chi connectivity index (χ2v) is 8.14. The van der Waals surface area contributed by atoms with Gasteiger partial charge < -0.3 is 15.8 Å². The van der Waals surface area contributed by atoms with E-state index < -0.39 is 17.6 Å². The smallest absolute Gasteiger partial charge is 0.381 e. The van der Waals surface area contributed by atoms with Crippen LogP contribution in [-0.4, -0.2) is 38.9 Å². The van der Waals surface area contributed by atoms with Crippen molar-refractivity contribution in [3.8, 4) is 0 Å². The summed E-state index contributed by atoms with van der Waals surface area (Å²) >= 11 is 0. The number of aromatic nitrogens is 4. The highest BCUT2D eigenvalue weighted by atomic mass is 19.4. The molecule has 180 valence electrons. The number of rotatable bonds is 8. The Morgan fingerprint density at radius 1 is 1.15 bits per heavy atom. The summed E-state index contributed by atoms with van der Waals surface area (Å²) in [5.41, 5.74) is 6.31. The Hall–Kier alpha value is -3.47. The minimum Gasteiger partial charge on any atom is -0.381 e. The van der Waals surface area contributed by atoms with Gasteiger partial charge in [0.15, 0.2) is 0 Å². The first kappa shape index (κ1) is 23.7. The molecule has 0 bridgehead atoms. The number of carbonyl (C=O) groups is 1. The van der Waals surface area contributed by atoms with Gasteiger partial charge in [0, 0.05) is 25.6 Å². The third kappa shape index (κ3) is 5.90. The van der Waals surface area contributed by atoms with Crippen LogP contribution in [0.1, 0.15) is 41.3 Å². The van der Waals surface area contributed by atoms with Crippen molar-refractivity contribution in [2.45, 2.75) is 44.3 Å². The van der Waals surface area contributed by atoms with Gasteiger partial charge in [0.25, 0.3) is 0 Å². The number of hydrogen-bond acceptors (Lipinski definition) is 6. The monoisotopic (exact) mass is 474 g/mol. The normalized spacial score (nSPS) is 14.8. The third-order valence-electron chi connectivity index (χ3n) is 5.71. The van der Waals surface area contributed by atoms with E-state index in [1.165, 1.54) is 0 Å². The maximum absolute atomic E-state index is 13.6. The van der Waals surface area contributed by atoms with Gasteiger partial charge in [-0.05, 0) is 36.8 Å². The molecule has 1 aromatic carbocycles. The van der Waals surface area contributed by atoms with Crippen LogP contribution in [-0.2, 0) is 35.0 Å². The van der Waals surface area contributed by atoms with Crippen molar-refractivity contribution < 1.29 is 22.7 Å². The largest absolute Gasteiger partial charge is 0.419 e. The molecule has 8 nitrogen and oxygen atoms in total. The van der Waals surface area contributed by atoms with Crippen LogP contribution in [0.4, 0.5) is 24.8 Å². The number of ether oxygens (including phenoxy) is 1. The van der Waals surface area contributed by atoms with E-state index in [2.05, 4.69) is 20.4 Å². The molecule has 34 heavy (non-hydrogen) atoms. The number of carbonyl (C=O) groups excluding carboxylic acids is 1. The lowest BCUT2D eigenvalue weighted by molar-refractivity contribution is -0.138. The van der Waals surface area contributed by atoms with Crippen LogP contribution in [0.3, 0.4) is 0 Å². The average molecular weight is 474 g/mol. The highest BCUT2D eigenvalue weighted by Gasteiger charge is 2.35. The lowest BCUT2D eigenvalue weighted by Gasteiger charge is -2.22. The first-order chi connectivity index (χ1) is 16.3. The number of hydrogen-bond donors (Lipinski definition) is 2. The number of alkyl halides is 3. The third-order valence-corrected chi connectivity index (χ3v) is 5.71. The van der Waals surface area contributed by atoms with Crippen LogP contribution in [0.2, 0.25) is 0 Å². The number of halogens is 3. The summed E-state index contributed by atoms with van der Waals surface area (Å²) in [6.07, 6.45) is 1.59. The number of amides is 1. The van der Waals surface area contributed by atoms with Gasteiger partial charge in [0.2, 0.25) is 11.9 Å². The van der Waals surface area contributed by atoms with Gasteiger partial charge >= 0.3 is 6.18 Å². The summed E-state index contributed by atoms with van der Waals surface area (Å²) in [6, 6.07) is 7.27. The van der Waals surface area contributed by atoms with E-state index in [-0.39, 0.29) is 36.9 Å². The van der Waals surface area contributed by atoms with Crippen LogP contribution in [0, 0.1) is 0 Å². The van der Waals surface area contributed by atoms with Crippen molar-refractivity contribution in [1.82, 2.24) is 19.7 Å². The van der Waals surface area contributed by atoms with E-state index in [4.69, 9.17) is 10.5 Å². The lowest BCUT2D eigenvalue weighted by Crippen LogP contribution is -2.19. The van der Waals surface area contributed by atoms with Crippen molar-refractivity contribution in [3.63, 3.8) is 0 Å². The van der Waals surface area contributed by atoms with E-state index >= 15 is 0 Å². The molecule has 3 N–H and O–H groups in total. The SMILES string of the molecule is NC(=O)Cc1ccccc1CCc1nc(Nc2cnn(C3CCOCC3)c2)ncc1C(F)(F)F. The van der Waals surface area contributed by atoms with Gasteiger partial charge in [-0.2, -0.15) is 18.3 Å². The van der Waals surface area contributed by atoms with Crippen molar-refractivity contribution in [2.75, 3.05) is 18.5 Å². The molecular weight excluding hydrogens is 449 g/mol. The number of nitrogens with one attached hydrogen (secondary N) is 1. The number of nitrogens with two attached hydrogens (primary N) is 1. The second-order valence-electron chi connectivity index (χ2n) is 8.14. The fourth-order valence-corrected chi connectivity index (χ4v) is 4.00. The molecule has 0 aliphatic carbocycles. The molecule has 0 saturated carbocycles. The quantitative estimate of drug-likeness (QED) is 0.517. The molecule has 0 atom stereocenters. The van der Waals surface area contributed by atoms with Gasteiger partial charge in [-0.25, -0.2) is 9.97 Å². The van der Waals surface area contributed by atoms with Gasteiger partial charge in [-0.3, -0.25) is 9.48 Å². The Bertz CT molecular complexity index is 1140. The highest BCUT2D eigenvalue weighted by Crippen LogP contribution is 2.32. The molecule has 0 spiro atoms. The van der Waals surface area contributed by atoms with Gasteiger partial charge in [-0.1, -0.05) is 24.3 Å². The molecule has 1 fully saturated rings. The van der Waals surface area contributed by atoms with E-state index in [0.717, 1.165) is 24.6 Å². The van der Waals surface area contributed by atoms with Crippen LogP contribution >= 0.6 is 0 Å². The molecule has 1 aliphatic rings. The Balaban J connectivity index is 1.53. The zero-order chi connectivity index (χ0) is 24.1. The summed E-state index contributed by atoms with van der Waals surface area (Å²) in [7, 11) is 0. The van der Waals surface area contributed by atoms with Crippen molar-refractivity contribution in [2.24, 2.45) is 5.73 Å². The van der Waals surface area contributed by atoms with Crippen LogP contribution < -0.4 is 11.1 Å². The molecule has 1 amide bonds. The van der Waals surface area contributed by atoms with E-state index in [0.29, 0.717) is 24.5 Å². The molecule has 3 aromatic rings. The number of aryl methyl sites for hydroxylation is 2. The van der Waals surface area contributed by atoms with Gasteiger partial charge in [0.1, 0.15) is 0 Å². The highest BCUT2D eigenvalue weighted by molar-refractivity contribution is 5.77. The van der Waals surface area contributed by atoms with Gasteiger partial charge in [-0.15, -0.1) is 0 Å². The maximum Gasteiger partial charge on any atom is 0.419 e. The lowest BCUT2D eigenvalue weighted by atomic mass is 9.98. The molecule has 0 unspecified atom stereocenters. The van der Waals surface area contributed by atoms with E-state index in [1.54, 1.807) is 36.7 Å². The van der Waals surface area contributed by atoms with Crippen LogP contribution in [0.5, 0.6) is 0 Å². The topological polar surface area (TPSA) is 108 Å². The molecule has 1 aliphatic heterocycles. The minimum atomic E-state index is -4.59. The fourth-order valence-electron chi connectivity index (χ4n) is 4.00. The summed E-state index contributed by atoms with van der Waals surface area (Å²) < 4.78 is 48.0. The molecule has 1 saturated heterocycles. The predicted molar refractivity (Wildman–Crippen MR) is 118 cm³/mol. The number of anilines is 2. The van der Waals surface area contributed by atoms with Crippen molar-refractivity contribution >= 4 is 17.5 Å². The van der Waals surface area contributed by atoms with Crippen molar-refractivity contribution in [1.29, 1.82) is 0 Å². The number of benzene rings is 1. The summed E-state index contributed by atoms with van der Waals surface area (Å²) in [4.78, 5) is 19.4.